The van der Waals surface area contributed by atoms with Gasteiger partial charge in [0.25, 0.3) is 0 Å². The molecule has 0 bridgehead atoms. The highest BCUT2D eigenvalue weighted by Gasteiger charge is 2.17. The zero-order valence-corrected chi connectivity index (χ0v) is 27.6. The summed E-state index contributed by atoms with van der Waals surface area (Å²) >= 11 is 0. The van der Waals surface area contributed by atoms with Crippen LogP contribution >= 0.6 is 0 Å². The number of rotatable bonds is 5. The van der Waals surface area contributed by atoms with Crippen LogP contribution in [-0.4, -0.2) is 15.0 Å². The SMILES string of the molecule is c1ccc(N(c2ccccc2)c2ccc(-c3nc4ccc(-c5ccc6ccc7cccnc7c6n5)cc4c4c3ccc3ccccc34)cc2)cc1. The first-order valence-electron chi connectivity index (χ1n) is 17.2. The predicted molar refractivity (Wildman–Crippen MR) is 213 cm³/mol. The molecule has 0 aliphatic rings. The molecule has 0 radical (unpaired) electrons. The van der Waals surface area contributed by atoms with Crippen molar-refractivity contribution in [3.8, 4) is 22.5 Å². The van der Waals surface area contributed by atoms with E-state index in [4.69, 9.17) is 9.97 Å². The molecule has 0 fully saturated rings. The molecule has 4 nitrogen and oxygen atoms in total. The maximum absolute atomic E-state index is 5.35. The van der Waals surface area contributed by atoms with Crippen molar-refractivity contribution < 1.29 is 0 Å². The second kappa shape index (κ2) is 11.9. The van der Waals surface area contributed by atoms with Crippen molar-refractivity contribution in [3.05, 3.63) is 182 Å². The largest absolute Gasteiger partial charge is 0.311 e. The van der Waals surface area contributed by atoms with Gasteiger partial charge in [-0.3, -0.25) is 4.98 Å². The van der Waals surface area contributed by atoms with E-state index in [9.17, 15) is 0 Å². The Bertz CT molecular complexity index is 2860. The van der Waals surface area contributed by atoms with E-state index in [2.05, 4.69) is 180 Å². The van der Waals surface area contributed by atoms with Gasteiger partial charge in [-0.1, -0.05) is 115 Å². The molecular weight excluding hydrogens is 621 g/mol. The molecule has 0 aliphatic carbocycles. The lowest BCUT2D eigenvalue weighted by Crippen LogP contribution is -2.09. The van der Waals surface area contributed by atoms with E-state index in [1.54, 1.807) is 0 Å². The molecule has 3 heterocycles. The standard InChI is InChI=1S/C47H30N4/c1-3-12-36(13-4-1)51(37-14-5-2-6-15-37)38-24-19-33(20-25-38)45-40-26-21-31-10-7-8-16-39(31)44(40)41-30-35(23-28-43(41)50-45)42-27-22-34-18-17-32-11-9-29-48-46(32)47(34)49-42/h1-30H. The first-order chi connectivity index (χ1) is 25.3. The van der Waals surface area contributed by atoms with E-state index in [0.29, 0.717) is 0 Å². The highest BCUT2D eigenvalue weighted by atomic mass is 15.1. The van der Waals surface area contributed by atoms with E-state index in [-0.39, 0.29) is 0 Å². The molecule has 238 valence electrons. The van der Waals surface area contributed by atoms with Gasteiger partial charge in [-0.05, 0) is 71.4 Å². The minimum Gasteiger partial charge on any atom is -0.311 e. The van der Waals surface area contributed by atoms with Crippen molar-refractivity contribution in [1.29, 1.82) is 0 Å². The molecule has 10 aromatic rings. The fourth-order valence-electron chi connectivity index (χ4n) is 7.41. The Morgan fingerprint density at radius 3 is 1.80 bits per heavy atom. The van der Waals surface area contributed by atoms with Gasteiger partial charge in [0, 0.05) is 61.3 Å². The first-order valence-corrected chi connectivity index (χ1v) is 17.2. The normalized spacial score (nSPS) is 11.5. The van der Waals surface area contributed by atoms with E-state index in [1.807, 2.05) is 12.3 Å². The molecule has 10 rings (SSSR count). The van der Waals surface area contributed by atoms with Crippen molar-refractivity contribution >= 4 is 71.3 Å². The molecule has 4 heteroatoms. The minimum atomic E-state index is 0.913. The summed E-state index contributed by atoms with van der Waals surface area (Å²) in [5, 5.41) is 8.00. The number of nitrogens with zero attached hydrogens (tertiary/aromatic N) is 4. The monoisotopic (exact) mass is 650 g/mol. The van der Waals surface area contributed by atoms with Crippen LogP contribution in [0.25, 0.3) is 76.8 Å². The van der Waals surface area contributed by atoms with Crippen LogP contribution in [0.4, 0.5) is 17.1 Å². The second-order valence-corrected chi connectivity index (χ2v) is 12.9. The van der Waals surface area contributed by atoms with Crippen molar-refractivity contribution in [2.45, 2.75) is 0 Å². The van der Waals surface area contributed by atoms with Crippen LogP contribution in [0.1, 0.15) is 0 Å². The van der Waals surface area contributed by atoms with Crippen LogP contribution in [0, 0.1) is 0 Å². The van der Waals surface area contributed by atoms with Gasteiger partial charge < -0.3 is 4.90 Å². The van der Waals surface area contributed by atoms with Gasteiger partial charge in [0.05, 0.1) is 27.9 Å². The Morgan fingerprint density at radius 2 is 1.02 bits per heavy atom. The van der Waals surface area contributed by atoms with Gasteiger partial charge in [0.1, 0.15) is 0 Å². The average molecular weight is 651 g/mol. The van der Waals surface area contributed by atoms with Crippen molar-refractivity contribution in [3.63, 3.8) is 0 Å². The summed E-state index contributed by atoms with van der Waals surface area (Å²) in [4.78, 5) is 17.5. The summed E-state index contributed by atoms with van der Waals surface area (Å²) in [6.45, 7) is 0. The van der Waals surface area contributed by atoms with Crippen molar-refractivity contribution in [1.82, 2.24) is 15.0 Å². The molecule has 0 unspecified atom stereocenters. The van der Waals surface area contributed by atoms with Gasteiger partial charge >= 0.3 is 0 Å². The molecule has 0 saturated heterocycles. The summed E-state index contributed by atoms with van der Waals surface area (Å²) in [5.74, 6) is 0. The third kappa shape index (κ3) is 4.96. The van der Waals surface area contributed by atoms with Crippen LogP contribution < -0.4 is 4.90 Å². The van der Waals surface area contributed by atoms with Gasteiger partial charge in [0.2, 0.25) is 0 Å². The maximum atomic E-state index is 5.35. The van der Waals surface area contributed by atoms with Crippen molar-refractivity contribution in [2.24, 2.45) is 0 Å². The van der Waals surface area contributed by atoms with E-state index >= 15 is 0 Å². The van der Waals surface area contributed by atoms with E-state index in [1.165, 1.54) is 16.2 Å². The quantitative estimate of drug-likeness (QED) is 0.174. The average Bonchev–Trinajstić information content (AvgIpc) is 3.21. The van der Waals surface area contributed by atoms with Crippen LogP contribution in [0.2, 0.25) is 0 Å². The lowest BCUT2D eigenvalue weighted by Gasteiger charge is -2.25. The molecule has 0 spiro atoms. The lowest BCUT2D eigenvalue weighted by atomic mass is 9.94. The molecule has 0 aliphatic heterocycles. The number of anilines is 3. The fourth-order valence-corrected chi connectivity index (χ4v) is 7.41. The Labute approximate surface area is 294 Å². The van der Waals surface area contributed by atoms with E-state index < -0.39 is 0 Å². The molecule has 0 saturated carbocycles. The zero-order valence-electron chi connectivity index (χ0n) is 27.6. The number of para-hydroxylation sites is 2. The number of benzene rings is 7. The Morgan fingerprint density at radius 1 is 0.392 bits per heavy atom. The van der Waals surface area contributed by atoms with Gasteiger partial charge in [-0.25, -0.2) is 9.97 Å². The van der Waals surface area contributed by atoms with Crippen LogP contribution in [0.15, 0.2) is 182 Å². The molecule has 51 heavy (non-hydrogen) atoms. The summed E-state index contributed by atoms with van der Waals surface area (Å²) in [6.07, 6.45) is 1.84. The summed E-state index contributed by atoms with van der Waals surface area (Å²) < 4.78 is 0. The first kappa shape index (κ1) is 29.0. The third-order valence-electron chi connectivity index (χ3n) is 9.84. The van der Waals surface area contributed by atoms with Crippen LogP contribution in [-0.2, 0) is 0 Å². The lowest BCUT2D eigenvalue weighted by molar-refractivity contribution is 1.28. The highest BCUT2D eigenvalue weighted by molar-refractivity contribution is 6.22. The molecule has 0 atom stereocenters. The maximum Gasteiger partial charge on any atom is 0.0972 e. The molecule has 7 aromatic carbocycles. The minimum absolute atomic E-state index is 0.913. The van der Waals surface area contributed by atoms with Crippen molar-refractivity contribution in [2.75, 3.05) is 4.90 Å². The Hall–Kier alpha value is -6.91. The molecule has 0 N–H and O–H groups in total. The third-order valence-corrected chi connectivity index (χ3v) is 9.84. The highest BCUT2D eigenvalue weighted by Crippen LogP contribution is 2.40. The summed E-state index contributed by atoms with van der Waals surface area (Å²) in [7, 11) is 0. The number of hydrogen-bond donors (Lipinski definition) is 0. The molecule has 3 aromatic heterocycles. The number of pyridine rings is 3. The number of aromatic nitrogens is 3. The zero-order chi connectivity index (χ0) is 33.7. The van der Waals surface area contributed by atoms with E-state index in [0.717, 1.165) is 77.7 Å². The topological polar surface area (TPSA) is 41.9 Å². The second-order valence-electron chi connectivity index (χ2n) is 12.9. The smallest absolute Gasteiger partial charge is 0.0972 e. The van der Waals surface area contributed by atoms with Crippen LogP contribution in [0.5, 0.6) is 0 Å². The summed E-state index contributed by atoms with van der Waals surface area (Å²) in [5.41, 5.74) is 10.1. The van der Waals surface area contributed by atoms with Gasteiger partial charge in [0.15, 0.2) is 0 Å². The summed E-state index contributed by atoms with van der Waals surface area (Å²) in [6, 6.07) is 61.9. The fraction of sp³-hybridized carbons (Fsp3) is 0. The van der Waals surface area contributed by atoms with Crippen LogP contribution in [0.3, 0.4) is 0 Å². The predicted octanol–water partition coefficient (Wildman–Crippen LogP) is 12.4. The van der Waals surface area contributed by atoms with Gasteiger partial charge in [-0.15, -0.1) is 0 Å². The molecular formula is C47H30N4. The number of fused-ring (bicyclic) bond motifs is 8. The number of hydrogen-bond acceptors (Lipinski definition) is 4. The van der Waals surface area contributed by atoms with Gasteiger partial charge in [-0.2, -0.15) is 0 Å². The Balaban J connectivity index is 1.14. The Kier molecular flexibility index (Phi) is 6.78. The molecule has 0 amide bonds.